The molecule has 0 bridgehead atoms. The van der Waals surface area contributed by atoms with Gasteiger partial charge in [-0.3, -0.25) is 0 Å². The summed E-state index contributed by atoms with van der Waals surface area (Å²) in [6.07, 6.45) is 4.27. The van der Waals surface area contributed by atoms with Gasteiger partial charge in [0, 0.05) is 30.7 Å². The number of hydrogen-bond acceptors (Lipinski definition) is 8. The van der Waals surface area contributed by atoms with Crippen LogP contribution in [0.2, 0.25) is 0 Å². The molecule has 0 atom stereocenters. The molecule has 0 aromatic carbocycles. The predicted octanol–water partition coefficient (Wildman–Crippen LogP) is 1.00. The van der Waals surface area contributed by atoms with E-state index >= 15 is 0 Å². The summed E-state index contributed by atoms with van der Waals surface area (Å²) in [5.74, 6) is 1.19. The van der Waals surface area contributed by atoms with Gasteiger partial charge in [-0.05, 0) is 20.8 Å². The molecule has 2 rings (SSSR count). The summed E-state index contributed by atoms with van der Waals surface area (Å²) < 4.78 is 0. The number of rotatable bonds is 5. The maximum absolute atomic E-state index is 9.83. The van der Waals surface area contributed by atoms with Crippen molar-refractivity contribution in [3.63, 3.8) is 0 Å². The Balaban J connectivity index is 2.48. The van der Waals surface area contributed by atoms with Crippen LogP contribution in [0.1, 0.15) is 25.2 Å². The Kier molecular flexibility index (Phi) is 4.32. The minimum atomic E-state index is -0.900. The first-order chi connectivity index (χ1) is 10.3. The number of anilines is 2. The molecule has 116 valence electrons. The van der Waals surface area contributed by atoms with Gasteiger partial charge < -0.3 is 21.6 Å². The van der Waals surface area contributed by atoms with Crippen LogP contribution in [0, 0.1) is 12.3 Å². The van der Waals surface area contributed by atoms with Gasteiger partial charge in [-0.25, -0.2) is 19.9 Å². The molecule has 0 aliphatic rings. The first-order valence-corrected chi connectivity index (χ1v) is 6.73. The number of nitrogens with one attached hydrogen (secondary N) is 2. The van der Waals surface area contributed by atoms with Crippen molar-refractivity contribution in [3.05, 3.63) is 23.8 Å². The summed E-state index contributed by atoms with van der Waals surface area (Å²) in [4.78, 5) is 16.6. The van der Waals surface area contributed by atoms with E-state index in [9.17, 15) is 5.11 Å². The first-order valence-electron chi connectivity index (χ1n) is 6.73. The van der Waals surface area contributed by atoms with E-state index in [0.29, 0.717) is 35.0 Å². The molecule has 5 N–H and O–H groups in total. The number of nitrogen functional groups attached to an aromatic ring is 1. The molecule has 22 heavy (non-hydrogen) atoms. The molecule has 2 aromatic rings. The zero-order valence-corrected chi connectivity index (χ0v) is 12.8. The summed E-state index contributed by atoms with van der Waals surface area (Å²) in [6, 6.07) is 0. The highest BCUT2D eigenvalue weighted by atomic mass is 16.3. The summed E-state index contributed by atoms with van der Waals surface area (Å²) in [5, 5.41) is 20.5. The van der Waals surface area contributed by atoms with Crippen LogP contribution in [-0.2, 0) is 0 Å². The molecule has 0 fully saturated rings. The lowest BCUT2D eigenvalue weighted by Gasteiger charge is -2.20. The molecule has 0 radical (unpaired) electrons. The van der Waals surface area contributed by atoms with Crippen LogP contribution < -0.4 is 11.1 Å². The molecule has 2 heterocycles. The summed E-state index contributed by atoms with van der Waals surface area (Å²) in [5.41, 5.74) is 6.28. The summed E-state index contributed by atoms with van der Waals surface area (Å²) >= 11 is 0. The number of aromatic nitrogens is 4. The van der Waals surface area contributed by atoms with Crippen LogP contribution in [0.5, 0.6) is 0 Å². The zero-order valence-electron chi connectivity index (χ0n) is 12.8. The van der Waals surface area contributed by atoms with Crippen LogP contribution in [0.15, 0.2) is 12.4 Å². The molecule has 0 aliphatic carbocycles. The Hall–Kier alpha value is -2.61. The minimum Gasteiger partial charge on any atom is -0.389 e. The van der Waals surface area contributed by atoms with Crippen LogP contribution in [0.3, 0.4) is 0 Å². The van der Waals surface area contributed by atoms with Crippen molar-refractivity contribution in [1.29, 1.82) is 5.41 Å². The van der Waals surface area contributed by atoms with Crippen molar-refractivity contribution < 1.29 is 5.11 Å². The van der Waals surface area contributed by atoms with Gasteiger partial charge in [0.2, 0.25) is 5.95 Å². The molecule has 2 aromatic heterocycles. The molecule has 0 amide bonds. The lowest BCUT2D eigenvalue weighted by molar-refractivity contribution is 0.0944. The average molecular weight is 301 g/mol. The normalized spacial score (nSPS) is 11.3. The SMILES string of the molecule is Cc1nc(NCC(C)(C)O)c(C=N)c(-c2cnc(N)nc2)n1. The van der Waals surface area contributed by atoms with E-state index in [2.05, 4.69) is 25.3 Å². The maximum atomic E-state index is 9.83. The molecule has 0 saturated carbocycles. The third-order valence-corrected chi connectivity index (χ3v) is 2.84. The van der Waals surface area contributed by atoms with Crippen molar-refractivity contribution >= 4 is 18.0 Å². The van der Waals surface area contributed by atoms with Crippen LogP contribution in [0.4, 0.5) is 11.8 Å². The average Bonchev–Trinajstić information content (AvgIpc) is 2.44. The smallest absolute Gasteiger partial charge is 0.219 e. The van der Waals surface area contributed by atoms with E-state index in [4.69, 9.17) is 11.1 Å². The molecule has 0 spiro atoms. The maximum Gasteiger partial charge on any atom is 0.219 e. The number of nitrogens with two attached hydrogens (primary N) is 1. The Morgan fingerprint density at radius 1 is 1.32 bits per heavy atom. The number of aliphatic hydroxyl groups is 1. The Labute approximate surface area is 128 Å². The molecule has 0 unspecified atom stereocenters. The monoisotopic (exact) mass is 301 g/mol. The van der Waals surface area contributed by atoms with Crippen molar-refractivity contribution in [1.82, 2.24) is 19.9 Å². The van der Waals surface area contributed by atoms with Gasteiger partial charge in [-0.2, -0.15) is 0 Å². The summed E-state index contributed by atoms with van der Waals surface area (Å²) in [7, 11) is 0. The first kappa shape index (κ1) is 15.8. The van der Waals surface area contributed by atoms with Gasteiger partial charge in [0.25, 0.3) is 0 Å². The van der Waals surface area contributed by atoms with Crippen molar-refractivity contribution in [3.8, 4) is 11.3 Å². The number of hydrogen-bond donors (Lipinski definition) is 4. The van der Waals surface area contributed by atoms with Gasteiger partial charge in [-0.1, -0.05) is 0 Å². The fourth-order valence-corrected chi connectivity index (χ4v) is 1.83. The highest BCUT2D eigenvalue weighted by Crippen LogP contribution is 2.24. The molecule has 0 aliphatic heterocycles. The predicted molar refractivity (Wildman–Crippen MR) is 84.9 cm³/mol. The molecular formula is C14H19N7O. The van der Waals surface area contributed by atoms with E-state index in [1.807, 2.05) is 0 Å². The van der Waals surface area contributed by atoms with Gasteiger partial charge in [-0.15, -0.1) is 0 Å². The van der Waals surface area contributed by atoms with E-state index in [1.54, 1.807) is 33.2 Å². The quantitative estimate of drug-likeness (QED) is 0.605. The van der Waals surface area contributed by atoms with Crippen LogP contribution >= 0.6 is 0 Å². The highest BCUT2D eigenvalue weighted by molar-refractivity contribution is 5.92. The van der Waals surface area contributed by atoms with Gasteiger partial charge >= 0.3 is 0 Å². The number of nitrogens with zero attached hydrogens (tertiary/aromatic N) is 4. The fraction of sp³-hybridized carbons (Fsp3) is 0.357. The molecule has 0 saturated heterocycles. The van der Waals surface area contributed by atoms with E-state index in [1.165, 1.54) is 0 Å². The Bertz CT molecular complexity index is 677. The lowest BCUT2D eigenvalue weighted by Crippen LogP contribution is -2.30. The third-order valence-electron chi connectivity index (χ3n) is 2.84. The van der Waals surface area contributed by atoms with E-state index in [0.717, 1.165) is 6.21 Å². The van der Waals surface area contributed by atoms with Gasteiger partial charge in [0.1, 0.15) is 11.6 Å². The topological polar surface area (TPSA) is 134 Å². The van der Waals surface area contributed by atoms with E-state index in [-0.39, 0.29) is 5.95 Å². The Morgan fingerprint density at radius 3 is 2.50 bits per heavy atom. The second-order valence-electron chi connectivity index (χ2n) is 5.52. The molecule has 8 heteroatoms. The van der Waals surface area contributed by atoms with E-state index < -0.39 is 5.60 Å². The van der Waals surface area contributed by atoms with Crippen LogP contribution in [-0.4, -0.2) is 43.4 Å². The zero-order chi connectivity index (χ0) is 16.3. The highest BCUT2D eigenvalue weighted by Gasteiger charge is 2.17. The largest absolute Gasteiger partial charge is 0.389 e. The Morgan fingerprint density at radius 2 is 1.95 bits per heavy atom. The molecular weight excluding hydrogens is 282 g/mol. The van der Waals surface area contributed by atoms with Crippen LogP contribution in [0.25, 0.3) is 11.3 Å². The minimum absolute atomic E-state index is 0.173. The second kappa shape index (κ2) is 6.02. The molecule has 8 nitrogen and oxygen atoms in total. The second-order valence-corrected chi connectivity index (χ2v) is 5.52. The lowest BCUT2D eigenvalue weighted by atomic mass is 10.1. The number of aryl methyl sites for hydroxylation is 1. The summed E-state index contributed by atoms with van der Waals surface area (Å²) in [6.45, 7) is 5.42. The van der Waals surface area contributed by atoms with Gasteiger partial charge in [0.15, 0.2) is 0 Å². The fourth-order valence-electron chi connectivity index (χ4n) is 1.83. The van der Waals surface area contributed by atoms with Crippen molar-refractivity contribution in [2.45, 2.75) is 26.4 Å². The van der Waals surface area contributed by atoms with Gasteiger partial charge in [0.05, 0.1) is 16.9 Å². The van der Waals surface area contributed by atoms with Crippen molar-refractivity contribution in [2.75, 3.05) is 17.6 Å². The standard InChI is InChI=1S/C14H19N7O/c1-8-20-11(9-5-17-13(16)18-6-9)10(4-15)12(21-8)19-7-14(2,3)22/h4-6,15,22H,7H2,1-3H3,(H2,16,17,18)(H,19,20,21). The third kappa shape index (κ3) is 3.73. The van der Waals surface area contributed by atoms with Crippen molar-refractivity contribution in [2.24, 2.45) is 0 Å².